The Hall–Kier alpha value is -1.90. The van der Waals surface area contributed by atoms with Crippen molar-refractivity contribution in [2.45, 2.75) is 58.0 Å². The van der Waals surface area contributed by atoms with E-state index in [1.165, 1.54) is 0 Å². The number of halogens is 1. The van der Waals surface area contributed by atoms with Gasteiger partial charge in [0.2, 0.25) is 0 Å². The van der Waals surface area contributed by atoms with Crippen molar-refractivity contribution in [3.8, 4) is 11.3 Å². The summed E-state index contributed by atoms with van der Waals surface area (Å²) >= 11 is 3.43. The van der Waals surface area contributed by atoms with E-state index >= 15 is 0 Å². The second-order valence-electron chi connectivity index (χ2n) is 8.03. The molecule has 28 heavy (non-hydrogen) atoms. The number of piperidine rings is 1. The lowest BCUT2D eigenvalue weighted by Crippen LogP contribution is -2.55. The third-order valence-electron chi connectivity index (χ3n) is 4.53. The minimum absolute atomic E-state index is 0.371. The first-order chi connectivity index (χ1) is 13.2. The van der Waals surface area contributed by atoms with E-state index in [0.29, 0.717) is 13.0 Å². The fourth-order valence-corrected chi connectivity index (χ4v) is 3.50. The number of aliphatic hydroxyl groups is 1. The molecule has 3 rings (SSSR count). The SMILES string of the molecule is CC(C)(C)OC(=O)N[C@H]1CCCN(Cc2ncc(-c3ccc(Br)cc3)[nH]2)C1O. The summed E-state index contributed by atoms with van der Waals surface area (Å²) in [5.41, 5.74) is 1.41. The molecule has 1 fully saturated rings. The van der Waals surface area contributed by atoms with E-state index in [0.717, 1.165) is 34.5 Å². The van der Waals surface area contributed by atoms with Gasteiger partial charge in [-0.15, -0.1) is 0 Å². The van der Waals surface area contributed by atoms with Gasteiger partial charge in [-0.05, 0) is 51.3 Å². The average Bonchev–Trinajstić information content (AvgIpc) is 3.06. The van der Waals surface area contributed by atoms with Crippen LogP contribution < -0.4 is 5.32 Å². The second kappa shape index (κ2) is 8.63. The summed E-state index contributed by atoms with van der Waals surface area (Å²) in [6.07, 6.45) is 2.08. The van der Waals surface area contributed by atoms with Gasteiger partial charge in [-0.25, -0.2) is 9.78 Å². The van der Waals surface area contributed by atoms with Gasteiger partial charge >= 0.3 is 6.09 Å². The van der Waals surface area contributed by atoms with Gasteiger partial charge in [0.1, 0.15) is 17.7 Å². The summed E-state index contributed by atoms with van der Waals surface area (Å²) in [6, 6.07) is 7.62. The lowest BCUT2D eigenvalue weighted by molar-refractivity contribution is -0.0557. The molecule has 3 N–H and O–H groups in total. The molecular weight excluding hydrogens is 424 g/mol. The number of imidazole rings is 1. The summed E-state index contributed by atoms with van der Waals surface area (Å²) in [6.45, 7) is 6.66. The van der Waals surface area contributed by atoms with Crippen molar-refractivity contribution in [2.75, 3.05) is 6.54 Å². The fourth-order valence-electron chi connectivity index (χ4n) is 3.24. The van der Waals surface area contributed by atoms with Crippen molar-refractivity contribution in [3.63, 3.8) is 0 Å². The van der Waals surface area contributed by atoms with Crippen LogP contribution in [0.2, 0.25) is 0 Å². The summed E-state index contributed by atoms with van der Waals surface area (Å²) < 4.78 is 6.33. The molecule has 2 aromatic rings. The Labute approximate surface area is 173 Å². The predicted octanol–water partition coefficient (Wildman–Crippen LogP) is 3.65. The van der Waals surface area contributed by atoms with Crippen molar-refractivity contribution in [1.29, 1.82) is 0 Å². The van der Waals surface area contributed by atoms with Crippen molar-refractivity contribution >= 4 is 22.0 Å². The maximum Gasteiger partial charge on any atom is 0.408 e. The molecule has 1 unspecified atom stereocenters. The van der Waals surface area contributed by atoms with Crippen LogP contribution in [0.1, 0.15) is 39.4 Å². The second-order valence-corrected chi connectivity index (χ2v) is 8.95. The van der Waals surface area contributed by atoms with Gasteiger partial charge in [-0.2, -0.15) is 0 Å². The first-order valence-corrected chi connectivity index (χ1v) is 10.2. The highest BCUT2D eigenvalue weighted by Gasteiger charge is 2.32. The Balaban J connectivity index is 1.61. The van der Waals surface area contributed by atoms with Crippen molar-refractivity contribution < 1.29 is 14.6 Å². The Morgan fingerprint density at radius 3 is 2.79 bits per heavy atom. The predicted molar refractivity (Wildman–Crippen MR) is 111 cm³/mol. The Bertz CT molecular complexity index is 801. The van der Waals surface area contributed by atoms with Crippen LogP contribution in [0.3, 0.4) is 0 Å². The maximum absolute atomic E-state index is 12.0. The number of H-pyrrole nitrogens is 1. The molecule has 1 aliphatic heterocycles. The number of aliphatic hydroxyl groups excluding tert-OH is 1. The van der Waals surface area contributed by atoms with Crippen LogP contribution in [0.5, 0.6) is 0 Å². The molecule has 7 nitrogen and oxygen atoms in total. The zero-order valence-corrected chi connectivity index (χ0v) is 18.0. The van der Waals surface area contributed by atoms with Crippen LogP contribution in [0, 0.1) is 0 Å². The molecule has 1 saturated heterocycles. The number of likely N-dealkylation sites (tertiary alicyclic amines) is 1. The quantitative estimate of drug-likeness (QED) is 0.661. The maximum atomic E-state index is 12.0. The minimum Gasteiger partial charge on any atom is -0.444 e. The number of carbonyl (C=O) groups excluding carboxylic acids is 1. The van der Waals surface area contributed by atoms with E-state index in [1.54, 1.807) is 6.20 Å². The van der Waals surface area contributed by atoms with Crippen LogP contribution in [0.15, 0.2) is 34.9 Å². The minimum atomic E-state index is -0.789. The molecule has 0 radical (unpaired) electrons. The van der Waals surface area contributed by atoms with Crippen molar-refractivity contribution in [1.82, 2.24) is 20.2 Å². The molecule has 8 heteroatoms. The molecular formula is C20H27BrN4O3. The largest absolute Gasteiger partial charge is 0.444 e. The van der Waals surface area contributed by atoms with E-state index in [2.05, 4.69) is 31.2 Å². The molecule has 0 aliphatic carbocycles. The van der Waals surface area contributed by atoms with E-state index in [-0.39, 0.29) is 6.04 Å². The smallest absolute Gasteiger partial charge is 0.408 e. The number of aromatic nitrogens is 2. The van der Waals surface area contributed by atoms with Gasteiger partial charge in [0.15, 0.2) is 0 Å². The number of hydrogen-bond donors (Lipinski definition) is 3. The summed E-state index contributed by atoms with van der Waals surface area (Å²) in [5.74, 6) is 0.773. The third-order valence-corrected chi connectivity index (χ3v) is 5.06. The van der Waals surface area contributed by atoms with Crippen molar-refractivity contribution in [3.05, 3.63) is 40.8 Å². The molecule has 1 aromatic carbocycles. The van der Waals surface area contributed by atoms with Gasteiger partial charge in [-0.3, -0.25) is 4.90 Å². The normalized spacial score (nSPS) is 20.8. The Morgan fingerprint density at radius 2 is 2.11 bits per heavy atom. The highest BCUT2D eigenvalue weighted by Crippen LogP contribution is 2.22. The van der Waals surface area contributed by atoms with E-state index in [1.807, 2.05) is 49.9 Å². The van der Waals surface area contributed by atoms with E-state index < -0.39 is 17.9 Å². The number of hydrogen-bond acceptors (Lipinski definition) is 5. The molecule has 152 valence electrons. The highest BCUT2D eigenvalue weighted by molar-refractivity contribution is 9.10. The summed E-state index contributed by atoms with van der Waals surface area (Å²) in [5, 5.41) is 13.5. The zero-order chi connectivity index (χ0) is 20.3. The number of nitrogens with zero attached hydrogens (tertiary/aromatic N) is 2. The van der Waals surface area contributed by atoms with Gasteiger partial charge in [0.05, 0.1) is 24.5 Å². The lowest BCUT2D eigenvalue weighted by atomic mass is 10.0. The molecule has 2 heterocycles. The van der Waals surface area contributed by atoms with Crippen LogP contribution >= 0.6 is 15.9 Å². The molecule has 1 amide bonds. The number of carbonyl (C=O) groups is 1. The molecule has 1 aromatic heterocycles. The molecule has 2 atom stereocenters. The number of rotatable bonds is 4. The number of nitrogens with one attached hydrogen (secondary N) is 2. The Kier molecular flexibility index (Phi) is 6.42. The first-order valence-electron chi connectivity index (χ1n) is 9.43. The Morgan fingerprint density at radius 1 is 1.39 bits per heavy atom. The monoisotopic (exact) mass is 450 g/mol. The van der Waals surface area contributed by atoms with Crippen LogP contribution in [0.25, 0.3) is 11.3 Å². The number of aromatic amines is 1. The van der Waals surface area contributed by atoms with E-state index in [4.69, 9.17) is 4.74 Å². The average molecular weight is 451 g/mol. The van der Waals surface area contributed by atoms with Crippen LogP contribution in [-0.4, -0.2) is 50.5 Å². The zero-order valence-electron chi connectivity index (χ0n) is 16.4. The fraction of sp³-hybridized carbons (Fsp3) is 0.500. The first kappa shape index (κ1) is 20.8. The number of amides is 1. The van der Waals surface area contributed by atoms with Gasteiger partial charge in [0, 0.05) is 11.0 Å². The standard InChI is InChI=1S/C20H27BrN4O3/c1-20(2,3)28-19(27)24-15-5-4-10-25(18(15)26)12-17-22-11-16(23-17)13-6-8-14(21)9-7-13/h6-9,11,15,18,26H,4-5,10,12H2,1-3H3,(H,22,23)(H,24,27)/t15-,18?/m0/s1. The third kappa shape index (κ3) is 5.56. The van der Waals surface area contributed by atoms with Gasteiger partial charge < -0.3 is 20.1 Å². The topological polar surface area (TPSA) is 90.5 Å². The van der Waals surface area contributed by atoms with Gasteiger partial charge in [0.25, 0.3) is 0 Å². The van der Waals surface area contributed by atoms with E-state index in [9.17, 15) is 9.90 Å². The lowest BCUT2D eigenvalue weighted by Gasteiger charge is -2.38. The summed E-state index contributed by atoms with van der Waals surface area (Å²) in [7, 11) is 0. The molecule has 0 spiro atoms. The summed E-state index contributed by atoms with van der Waals surface area (Å²) in [4.78, 5) is 21.7. The van der Waals surface area contributed by atoms with Gasteiger partial charge in [-0.1, -0.05) is 28.1 Å². The number of benzene rings is 1. The molecule has 0 saturated carbocycles. The molecule has 1 aliphatic rings. The number of ether oxygens (including phenoxy) is 1. The highest BCUT2D eigenvalue weighted by atomic mass is 79.9. The molecule has 0 bridgehead atoms. The van der Waals surface area contributed by atoms with Crippen molar-refractivity contribution in [2.24, 2.45) is 0 Å². The van der Waals surface area contributed by atoms with Crippen LogP contribution in [-0.2, 0) is 11.3 Å². The van der Waals surface area contributed by atoms with Crippen LogP contribution in [0.4, 0.5) is 4.79 Å². The number of alkyl carbamates (subject to hydrolysis) is 1.